The molecule has 102 valence electrons. The molecule has 1 aromatic heterocycles. The van der Waals surface area contributed by atoms with Crippen LogP contribution in [0.4, 0.5) is 0 Å². The molecular weight excluding hydrogens is 242 g/mol. The van der Waals surface area contributed by atoms with Gasteiger partial charge in [-0.2, -0.15) is 0 Å². The third-order valence-corrected chi connectivity index (χ3v) is 3.39. The quantitative estimate of drug-likeness (QED) is 0.903. The van der Waals surface area contributed by atoms with Crippen LogP contribution in [-0.4, -0.2) is 45.2 Å². The molecule has 1 amide bonds. The Morgan fingerprint density at radius 1 is 1.47 bits per heavy atom. The van der Waals surface area contributed by atoms with E-state index in [1.807, 2.05) is 43.7 Å². The van der Waals surface area contributed by atoms with Crippen molar-refractivity contribution in [3.05, 3.63) is 29.6 Å². The summed E-state index contributed by atoms with van der Waals surface area (Å²) in [5.41, 5.74) is 2.45. The zero-order valence-electron chi connectivity index (χ0n) is 11.6. The zero-order valence-corrected chi connectivity index (χ0v) is 11.6. The van der Waals surface area contributed by atoms with Gasteiger partial charge in [0.1, 0.15) is 5.82 Å². The predicted molar refractivity (Wildman–Crippen MR) is 74.1 cm³/mol. The molecule has 5 heteroatoms. The van der Waals surface area contributed by atoms with Crippen molar-refractivity contribution in [3.8, 4) is 0 Å². The van der Waals surface area contributed by atoms with Gasteiger partial charge in [-0.1, -0.05) is 0 Å². The van der Waals surface area contributed by atoms with Crippen molar-refractivity contribution < 1.29 is 9.90 Å². The van der Waals surface area contributed by atoms with E-state index in [9.17, 15) is 4.79 Å². The number of hydrogen-bond donors (Lipinski definition) is 1. The van der Waals surface area contributed by atoms with Gasteiger partial charge in [0.15, 0.2) is 0 Å². The number of likely N-dealkylation sites (N-methyl/N-ethyl adjacent to an activating group) is 1. The van der Waals surface area contributed by atoms with E-state index in [0.29, 0.717) is 18.7 Å². The van der Waals surface area contributed by atoms with Crippen LogP contribution in [0, 0.1) is 6.92 Å². The Kier molecular flexibility index (Phi) is 3.85. The molecule has 19 heavy (non-hydrogen) atoms. The number of imidazole rings is 1. The van der Waals surface area contributed by atoms with Crippen molar-refractivity contribution in [2.45, 2.75) is 13.8 Å². The molecule has 0 atom stereocenters. The number of aliphatic hydroxyl groups excluding tert-OH is 1. The normalized spacial score (nSPS) is 10.9. The molecule has 1 heterocycles. The molecule has 5 nitrogen and oxygen atoms in total. The van der Waals surface area contributed by atoms with Gasteiger partial charge in [0.25, 0.3) is 5.91 Å². The maximum Gasteiger partial charge on any atom is 0.254 e. The number of rotatable bonds is 4. The van der Waals surface area contributed by atoms with Crippen molar-refractivity contribution in [3.63, 3.8) is 0 Å². The van der Waals surface area contributed by atoms with E-state index in [1.165, 1.54) is 0 Å². The minimum absolute atomic E-state index is 0.0233. The lowest BCUT2D eigenvalue weighted by Crippen LogP contribution is -2.33. The van der Waals surface area contributed by atoms with Crippen molar-refractivity contribution in [1.29, 1.82) is 0 Å². The number of fused-ring (bicyclic) bond motifs is 1. The molecule has 0 fully saturated rings. The van der Waals surface area contributed by atoms with E-state index in [2.05, 4.69) is 4.98 Å². The molecule has 1 N–H and O–H groups in total. The van der Waals surface area contributed by atoms with Crippen molar-refractivity contribution >= 4 is 16.9 Å². The van der Waals surface area contributed by atoms with E-state index in [4.69, 9.17) is 5.11 Å². The summed E-state index contributed by atoms with van der Waals surface area (Å²) in [6.45, 7) is 4.75. The Morgan fingerprint density at radius 3 is 2.84 bits per heavy atom. The minimum Gasteiger partial charge on any atom is -0.395 e. The first-order valence-corrected chi connectivity index (χ1v) is 6.41. The maximum atomic E-state index is 12.3. The molecule has 0 radical (unpaired) electrons. The fraction of sp³-hybridized carbons (Fsp3) is 0.429. The number of benzene rings is 1. The van der Waals surface area contributed by atoms with Gasteiger partial charge in [0, 0.05) is 25.7 Å². The van der Waals surface area contributed by atoms with Crippen molar-refractivity contribution in [2.75, 3.05) is 19.7 Å². The predicted octanol–water partition coefficient (Wildman–Crippen LogP) is 1.34. The molecule has 0 saturated heterocycles. The molecule has 0 aliphatic carbocycles. The molecular formula is C14H19N3O2. The number of carbonyl (C=O) groups excluding carboxylic acids is 1. The van der Waals surface area contributed by atoms with E-state index in [1.54, 1.807) is 4.90 Å². The van der Waals surface area contributed by atoms with Crippen LogP contribution < -0.4 is 0 Å². The minimum atomic E-state index is -0.0678. The van der Waals surface area contributed by atoms with Gasteiger partial charge in [-0.05, 0) is 32.0 Å². The number of nitrogens with zero attached hydrogens (tertiary/aromatic N) is 3. The molecule has 0 unspecified atom stereocenters. The van der Waals surface area contributed by atoms with E-state index in [-0.39, 0.29) is 12.5 Å². The summed E-state index contributed by atoms with van der Waals surface area (Å²) in [6.07, 6.45) is 0. The Balaban J connectivity index is 2.37. The largest absolute Gasteiger partial charge is 0.395 e. The second kappa shape index (κ2) is 5.40. The maximum absolute atomic E-state index is 12.3. The highest BCUT2D eigenvalue weighted by Crippen LogP contribution is 2.17. The molecule has 0 bridgehead atoms. The van der Waals surface area contributed by atoms with Crippen LogP contribution in [-0.2, 0) is 7.05 Å². The smallest absolute Gasteiger partial charge is 0.254 e. The second-order valence-corrected chi connectivity index (χ2v) is 4.53. The van der Waals surface area contributed by atoms with Crippen molar-refractivity contribution in [2.24, 2.45) is 7.05 Å². The van der Waals surface area contributed by atoms with Crippen LogP contribution in [0.15, 0.2) is 18.2 Å². The van der Waals surface area contributed by atoms with Gasteiger partial charge < -0.3 is 14.6 Å². The number of amides is 1. The Bertz CT molecular complexity index is 604. The van der Waals surface area contributed by atoms with Crippen LogP contribution in [0.3, 0.4) is 0 Å². The summed E-state index contributed by atoms with van der Waals surface area (Å²) < 4.78 is 1.99. The van der Waals surface area contributed by atoms with Gasteiger partial charge in [-0.15, -0.1) is 0 Å². The lowest BCUT2D eigenvalue weighted by molar-refractivity contribution is 0.0732. The highest BCUT2D eigenvalue weighted by atomic mass is 16.3. The summed E-state index contributed by atoms with van der Waals surface area (Å²) in [7, 11) is 1.95. The number of aliphatic hydroxyl groups is 1. The van der Waals surface area contributed by atoms with Gasteiger partial charge >= 0.3 is 0 Å². The van der Waals surface area contributed by atoms with Crippen molar-refractivity contribution in [1.82, 2.24) is 14.5 Å². The Morgan fingerprint density at radius 2 is 2.21 bits per heavy atom. The molecule has 1 aromatic carbocycles. The standard InChI is InChI=1S/C14H19N3O2/c1-4-17(7-8-18)14(19)11-5-6-13-12(9-11)15-10(2)16(13)3/h5-6,9,18H,4,7-8H2,1-3H3. The summed E-state index contributed by atoms with van der Waals surface area (Å²) in [5.74, 6) is 0.851. The first kappa shape index (κ1) is 13.5. The second-order valence-electron chi connectivity index (χ2n) is 4.53. The van der Waals surface area contributed by atoms with Crippen LogP contribution in [0.5, 0.6) is 0 Å². The monoisotopic (exact) mass is 261 g/mol. The van der Waals surface area contributed by atoms with Crippen LogP contribution >= 0.6 is 0 Å². The number of aromatic nitrogens is 2. The van der Waals surface area contributed by atoms with Gasteiger partial charge in [-0.3, -0.25) is 4.79 Å². The van der Waals surface area contributed by atoms with Gasteiger partial charge in [0.05, 0.1) is 17.6 Å². The summed E-state index contributed by atoms with van der Waals surface area (Å²) in [6, 6.07) is 5.53. The summed E-state index contributed by atoms with van der Waals surface area (Å²) in [5, 5.41) is 8.97. The zero-order chi connectivity index (χ0) is 14.0. The molecule has 2 aromatic rings. The SMILES string of the molecule is CCN(CCO)C(=O)c1ccc2c(c1)nc(C)n2C. The molecule has 0 spiro atoms. The number of aryl methyl sites for hydroxylation is 2. The first-order chi connectivity index (χ1) is 9.08. The average molecular weight is 261 g/mol. The topological polar surface area (TPSA) is 58.4 Å². The van der Waals surface area contributed by atoms with Crippen LogP contribution in [0.25, 0.3) is 11.0 Å². The third-order valence-electron chi connectivity index (χ3n) is 3.39. The average Bonchev–Trinajstić information content (AvgIpc) is 2.70. The number of hydrogen-bond acceptors (Lipinski definition) is 3. The summed E-state index contributed by atoms with van der Waals surface area (Å²) in [4.78, 5) is 18.3. The van der Waals surface area contributed by atoms with Crippen LogP contribution in [0.2, 0.25) is 0 Å². The highest BCUT2D eigenvalue weighted by molar-refractivity contribution is 5.97. The van der Waals surface area contributed by atoms with Gasteiger partial charge in [0.2, 0.25) is 0 Å². The third kappa shape index (κ3) is 2.46. The first-order valence-electron chi connectivity index (χ1n) is 6.41. The number of carbonyl (C=O) groups is 1. The van der Waals surface area contributed by atoms with E-state index >= 15 is 0 Å². The van der Waals surface area contributed by atoms with E-state index < -0.39 is 0 Å². The molecule has 0 aliphatic rings. The van der Waals surface area contributed by atoms with E-state index in [0.717, 1.165) is 16.9 Å². The molecule has 0 saturated carbocycles. The molecule has 0 aliphatic heterocycles. The Hall–Kier alpha value is -1.88. The lowest BCUT2D eigenvalue weighted by Gasteiger charge is -2.19. The van der Waals surface area contributed by atoms with Crippen LogP contribution in [0.1, 0.15) is 23.1 Å². The lowest BCUT2D eigenvalue weighted by atomic mass is 10.1. The fourth-order valence-electron chi connectivity index (χ4n) is 2.16. The highest BCUT2D eigenvalue weighted by Gasteiger charge is 2.15. The molecule has 2 rings (SSSR count). The van der Waals surface area contributed by atoms with Gasteiger partial charge in [-0.25, -0.2) is 4.98 Å². The summed E-state index contributed by atoms with van der Waals surface area (Å²) >= 11 is 0. The Labute approximate surface area is 112 Å². The fourth-order valence-corrected chi connectivity index (χ4v) is 2.16.